The van der Waals surface area contributed by atoms with E-state index < -0.39 is 12.0 Å². The summed E-state index contributed by atoms with van der Waals surface area (Å²) in [6.07, 6.45) is 0.470. The minimum absolute atomic E-state index is 0.470. The third kappa shape index (κ3) is 3.55. The lowest BCUT2D eigenvalue weighted by Gasteiger charge is -2.24. The van der Waals surface area contributed by atoms with E-state index >= 15 is 0 Å². The van der Waals surface area contributed by atoms with Crippen molar-refractivity contribution in [2.75, 3.05) is 7.05 Å². The maximum atomic E-state index is 11.7. The number of hydrogen-bond donors (Lipinski definition) is 1. The maximum absolute atomic E-state index is 11.7. The first-order valence-electron chi connectivity index (χ1n) is 7.32. The van der Waals surface area contributed by atoms with Crippen molar-refractivity contribution in [2.24, 2.45) is 0 Å². The molecule has 0 aliphatic heterocycles. The fourth-order valence-corrected chi connectivity index (χ4v) is 3.21. The standard InChI is InChI=1S/C17H17N3O2S/c1-20(11-13-8-5-9-14-16(13)19-23-18-14)15(17(21)22)10-12-6-3-2-4-7-12/h2-9,15H,10-11H2,1H3,(H,21,22). The summed E-state index contributed by atoms with van der Waals surface area (Å²) in [6.45, 7) is 0.520. The zero-order chi connectivity index (χ0) is 16.2. The molecule has 0 aliphatic carbocycles. The smallest absolute Gasteiger partial charge is 0.321 e. The number of carboxylic acids is 1. The predicted octanol–water partition coefficient (Wildman–Crippen LogP) is 2.82. The molecule has 0 saturated heterocycles. The lowest BCUT2D eigenvalue weighted by Crippen LogP contribution is -2.39. The highest BCUT2D eigenvalue weighted by molar-refractivity contribution is 7.00. The van der Waals surface area contributed by atoms with Crippen LogP contribution in [0, 0.1) is 0 Å². The van der Waals surface area contributed by atoms with Crippen LogP contribution in [0.1, 0.15) is 11.1 Å². The van der Waals surface area contributed by atoms with E-state index in [1.807, 2.05) is 60.5 Å². The number of aliphatic carboxylic acids is 1. The molecule has 118 valence electrons. The number of benzene rings is 2. The molecule has 0 saturated carbocycles. The Morgan fingerprint density at radius 2 is 1.96 bits per heavy atom. The van der Waals surface area contributed by atoms with Crippen LogP contribution in [0.25, 0.3) is 11.0 Å². The molecule has 0 aliphatic rings. The van der Waals surface area contributed by atoms with E-state index in [-0.39, 0.29) is 0 Å². The van der Waals surface area contributed by atoms with E-state index in [2.05, 4.69) is 8.75 Å². The molecule has 0 amide bonds. The number of aromatic nitrogens is 2. The number of rotatable bonds is 6. The third-order valence-corrected chi connectivity index (χ3v) is 4.42. The molecule has 2 aromatic carbocycles. The normalized spacial score (nSPS) is 12.6. The van der Waals surface area contributed by atoms with Gasteiger partial charge in [-0.15, -0.1) is 0 Å². The SMILES string of the molecule is CN(Cc1cccc2nsnc12)C(Cc1ccccc1)C(=O)O. The van der Waals surface area contributed by atoms with E-state index in [0.717, 1.165) is 22.2 Å². The van der Waals surface area contributed by atoms with Gasteiger partial charge >= 0.3 is 5.97 Å². The summed E-state index contributed by atoms with van der Waals surface area (Å²) < 4.78 is 8.55. The van der Waals surface area contributed by atoms with E-state index in [0.29, 0.717) is 13.0 Å². The summed E-state index contributed by atoms with van der Waals surface area (Å²) in [6, 6.07) is 14.9. The fourth-order valence-electron chi connectivity index (χ4n) is 2.64. The summed E-state index contributed by atoms with van der Waals surface area (Å²) in [5.41, 5.74) is 3.72. The average Bonchev–Trinajstić information content (AvgIpc) is 3.03. The van der Waals surface area contributed by atoms with Gasteiger partial charge in [0.15, 0.2) is 0 Å². The molecule has 6 heteroatoms. The first kappa shape index (κ1) is 15.6. The van der Waals surface area contributed by atoms with Crippen molar-refractivity contribution in [1.82, 2.24) is 13.6 Å². The van der Waals surface area contributed by atoms with Gasteiger partial charge in [-0.2, -0.15) is 8.75 Å². The Balaban J connectivity index is 1.80. The fraction of sp³-hybridized carbons (Fsp3) is 0.235. The lowest BCUT2D eigenvalue weighted by atomic mass is 10.0. The van der Waals surface area contributed by atoms with Crippen LogP contribution in [-0.4, -0.2) is 37.8 Å². The number of carbonyl (C=O) groups is 1. The van der Waals surface area contributed by atoms with Gasteiger partial charge in [0.05, 0.1) is 11.7 Å². The Hall–Kier alpha value is -2.31. The van der Waals surface area contributed by atoms with E-state index in [1.165, 1.54) is 11.7 Å². The highest BCUT2D eigenvalue weighted by Crippen LogP contribution is 2.19. The summed E-state index contributed by atoms with van der Waals surface area (Å²) in [5.74, 6) is -0.820. The van der Waals surface area contributed by atoms with E-state index in [9.17, 15) is 9.90 Å². The molecule has 5 nitrogen and oxygen atoms in total. The summed E-state index contributed by atoms with van der Waals surface area (Å²) >= 11 is 1.18. The van der Waals surface area contributed by atoms with Gasteiger partial charge in [0.1, 0.15) is 17.1 Å². The van der Waals surface area contributed by atoms with Crippen molar-refractivity contribution in [3.05, 3.63) is 59.7 Å². The second kappa shape index (κ2) is 6.85. The number of hydrogen-bond acceptors (Lipinski definition) is 5. The zero-order valence-electron chi connectivity index (χ0n) is 12.7. The first-order valence-corrected chi connectivity index (χ1v) is 8.05. The average molecular weight is 327 g/mol. The van der Waals surface area contributed by atoms with Crippen molar-refractivity contribution < 1.29 is 9.90 Å². The predicted molar refractivity (Wildman–Crippen MR) is 90.5 cm³/mol. The van der Waals surface area contributed by atoms with Crippen molar-refractivity contribution in [1.29, 1.82) is 0 Å². The van der Waals surface area contributed by atoms with Gasteiger partial charge in [-0.25, -0.2) is 0 Å². The molecule has 1 atom stereocenters. The summed E-state index contributed by atoms with van der Waals surface area (Å²) in [5, 5.41) is 9.59. The van der Waals surface area contributed by atoms with Gasteiger partial charge in [-0.05, 0) is 30.7 Å². The summed E-state index contributed by atoms with van der Waals surface area (Å²) in [7, 11) is 1.83. The second-order valence-corrected chi connectivity index (χ2v) is 6.04. The molecule has 23 heavy (non-hydrogen) atoms. The van der Waals surface area contributed by atoms with E-state index in [1.54, 1.807) is 0 Å². The lowest BCUT2D eigenvalue weighted by molar-refractivity contribution is -0.142. The largest absolute Gasteiger partial charge is 0.480 e. The Bertz CT molecular complexity index is 804. The van der Waals surface area contributed by atoms with Crippen LogP contribution in [0.2, 0.25) is 0 Å². The van der Waals surface area contributed by atoms with Gasteiger partial charge < -0.3 is 5.11 Å². The van der Waals surface area contributed by atoms with Crippen molar-refractivity contribution >= 4 is 28.7 Å². The molecule has 1 N–H and O–H groups in total. The van der Waals surface area contributed by atoms with Crippen LogP contribution in [0.3, 0.4) is 0 Å². The monoisotopic (exact) mass is 327 g/mol. The first-order chi connectivity index (χ1) is 11.1. The molecular weight excluding hydrogens is 310 g/mol. The van der Waals surface area contributed by atoms with Crippen LogP contribution in [0.4, 0.5) is 0 Å². The van der Waals surface area contributed by atoms with E-state index in [4.69, 9.17) is 0 Å². The van der Waals surface area contributed by atoms with Gasteiger partial charge in [0, 0.05) is 6.54 Å². The molecule has 3 rings (SSSR count). The number of carboxylic acid groups (broad SMARTS) is 1. The molecule has 3 aromatic rings. The summed E-state index contributed by atoms with van der Waals surface area (Å²) in [4.78, 5) is 13.5. The van der Waals surface area contributed by atoms with Crippen LogP contribution in [0.5, 0.6) is 0 Å². The van der Waals surface area contributed by atoms with Crippen LogP contribution in [-0.2, 0) is 17.8 Å². The highest BCUT2D eigenvalue weighted by Gasteiger charge is 2.23. The van der Waals surface area contributed by atoms with Gasteiger partial charge in [-0.1, -0.05) is 42.5 Å². The zero-order valence-corrected chi connectivity index (χ0v) is 13.5. The number of likely N-dealkylation sites (N-methyl/N-ethyl adjacent to an activating group) is 1. The topological polar surface area (TPSA) is 66.3 Å². The Morgan fingerprint density at radius 1 is 1.17 bits per heavy atom. The quantitative estimate of drug-likeness (QED) is 0.754. The molecule has 1 aromatic heterocycles. The molecular formula is C17H17N3O2S. The molecule has 1 unspecified atom stereocenters. The molecule has 0 bridgehead atoms. The third-order valence-electron chi connectivity index (χ3n) is 3.88. The second-order valence-electron chi connectivity index (χ2n) is 5.51. The Morgan fingerprint density at radius 3 is 2.70 bits per heavy atom. The van der Waals surface area contributed by atoms with Crippen LogP contribution >= 0.6 is 11.7 Å². The Labute approximate surface area is 138 Å². The molecule has 0 spiro atoms. The van der Waals surface area contributed by atoms with Crippen LogP contribution < -0.4 is 0 Å². The van der Waals surface area contributed by atoms with Gasteiger partial charge in [-0.3, -0.25) is 9.69 Å². The minimum Gasteiger partial charge on any atom is -0.480 e. The molecule has 0 radical (unpaired) electrons. The molecule has 0 fully saturated rings. The van der Waals surface area contributed by atoms with Crippen molar-refractivity contribution in [3.8, 4) is 0 Å². The Kier molecular flexibility index (Phi) is 4.64. The highest BCUT2D eigenvalue weighted by atomic mass is 32.1. The van der Waals surface area contributed by atoms with Gasteiger partial charge in [0.25, 0.3) is 0 Å². The number of nitrogens with zero attached hydrogens (tertiary/aromatic N) is 3. The van der Waals surface area contributed by atoms with Crippen LogP contribution in [0.15, 0.2) is 48.5 Å². The maximum Gasteiger partial charge on any atom is 0.321 e. The molecule has 1 heterocycles. The van der Waals surface area contributed by atoms with Gasteiger partial charge in [0.2, 0.25) is 0 Å². The minimum atomic E-state index is -0.820. The van der Waals surface area contributed by atoms with Crippen molar-refractivity contribution in [2.45, 2.75) is 19.0 Å². The van der Waals surface area contributed by atoms with Crippen molar-refractivity contribution in [3.63, 3.8) is 0 Å². The number of fused-ring (bicyclic) bond motifs is 1.